The van der Waals surface area contributed by atoms with Gasteiger partial charge in [-0.1, -0.05) is 6.42 Å². The van der Waals surface area contributed by atoms with E-state index in [0.29, 0.717) is 12.5 Å². The minimum absolute atomic E-state index is 0.126. The van der Waals surface area contributed by atoms with Gasteiger partial charge in [-0.05, 0) is 46.1 Å². The fraction of sp³-hybridized carbons (Fsp3) is 0.909. The van der Waals surface area contributed by atoms with Gasteiger partial charge < -0.3 is 11.1 Å². The molecule has 0 spiro atoms. The summed E-state index contributed by atoms with van der Waals surface area (Å²) in [4.78, 5) is 11.9. The van der Waals surface area contributed by atoms with Gasteiger partial charge in [-0.25, -0.2) is 0 Å². The van der Waals surface area contributed by atoms with Crippen LogP contribution in [0.1, 0.15) is 40.0 Å². The maximum Gasteiger partial charge on any atom is 0.223 e. The van der Waals surface area contributed by atoms with Crippen LogP contribution in [0.3, 0.4) is 0 Å². The molecule has 0 aromatic rings. The minimum Gasteiger partial charge on any atom is -0.351 e. The van der Waals surface area contributed by atoms with Crippen LogP contribution in [-0.2, 0) is 4.79 Å². The van der Waals surface area contributed by atoms with Gasteiger partial charge in [0.15, 0.2) is 0 Å². The second-order valence-electron chi connectivity index (χ2n) is 5.27. The van der Waals surface area contributed by atoms with Gasteiger partial charge in [-0.3, -0.25) is 4.79 Å². The van der Waals surface area contributed by atoms with E-state index >= 15 is 0 Å². The smallest absolute Gasteiger partial charge is 0.223 e. The van der Waals surface area contributed by atoms with E-state index in [0.717, 1.165) is 19.3 Å². The molecular weight excluding hydrogens is 176 g/mol. The molecule has 1 saturated carbocycles. The monoisotopic (exact) mass is 198 g/mol. The highest BCUT2D eigenvalue weighted by atomic mass is 16.2. The largest absolute Gasteiger partial charge is 0.351 e. The zero-order valence-corrected chi connectivity index (χ0v) is 9.47. The van der Waals surface area contributed by atoms with E-state index in [2.05, 4.69) is 5.32 Å². The van der Waals surface area contributed by atoms with Crippen molar-refractivity contribution in [2.24, 2.45) is 17.6 Å². The molecule has 0 radical (unpaired) electrons. The van der Waals surface area contributed by atoms with Gasteiger partial charge in [0.05, 0.1) is 0 Å². The summed E-state index contributed by atoms with van der Waals surface area (Å²) in [7, 11) is 0. The maximum absolute atomic E-state index is 11.9. The van der Waals surface area contributed by atoms with Crippen molar-refractivity contribution in [3.63, 3.8) is 0 Å². The molecule has 1 aliphatic carbocycles. The zero-order valence-electron chi connectivity index (χ0n) is 9.47. The fourth-order valence-corrected chi connectivity index (χ4v) is 2.13. The highest BCUT2D eigenvalue weighted by Gasteiger charge is 2.33. The summed E-state index contributed by atoms with van der Waals surface area (Å²) < 4.78 is 0. The Bertz CT molecular complexity index is 208. The number of hydrogen-bond acceptors (Lipinski definition) is 2. The Labute approximate surface area is 86.4 Å². The first-order valence-electron chi connectivity index (χ1n) is 5.46. The average molecular weight is 198 g/mol. The summed E-state index contributed by atoms with van der Waals surface area (Å²) in [6, 6.07) is 0. The SMILES string of the molecule is CC(C)(C)NC(=O)C1CCCC1CN. The molecule has 1 rings (SSSR count). The van der Waals surface area contributed by atoms with Crippen LogP contribution < -0.4 is 11.1 Å². The maximum atomic E-state index is 11.9. The number of nitrogens with two attached hydrogens (primary N) is 1. The van der Waals surface area contributed by atoms with Crippen LogP contribution in [-0.4, -0.2) is 18.0 Å². The van der Waals surface area contributed by atoms with Crippen LogP contribution in [0.2, 0.25) is 0 Å². The van der Waals surface area contributed by atoms with Gasteiger partial charge in [0.25, 0.3) is 0 Å². The molecule has 1 amide bonds. The molecule has 2 atom stereocenters. The quantitative estimate of drug-likeness (QED) is 0.702. The molecule has 14 heavy (non-hydrogen) atoms. The number of carbonyl (C=O) groups is 1. The lowest BCUT2D eigenvalue weighted by atomic mass is 9.94. The lowest BCUT2D eigenvalue weighted by molar-refractivity contribution is -0.127. The summed E-state index contributed by atoms with van der Waals surface area (Å²) in [6.07, 6.45) is 3.26. The van der Waals surface area contributed by atoms with Crippen LogP contribution in [0.15, 0.2) is 0 Å². The van der Waals surface area contributed by atoms with Crippen molar-refractivity contribution < 1.29 is 4.79 Å². The van der Waals surface area contributed by atoms with Crippen LogP contribution in [0.4, 0.5) is 0 Å². The Morgan fingerprint density at radius 1 is 1.43 bits per heavy atom. The predicted molar refractivity (Wildman–Crippen MR) is 57.8 cm³/mol. The summed E-state index contributed by atoms with van der Waals surface area (Å²) in [6.45, 7) is 6.67. The first-order valence-corrected chi connectivity index (χ1v) is 5.46. The molecular formula is C11H22N2O. The molecule has 0 aromatic carbocycles. The number of nitrogens with one attached hydrogen (secondary N) is 1. The number of hydrogen-bond donors (Lipinski definition) is 2. The van der Waals surface area contributed by atoms with Gasteiger partial charge in [-0.2, -0.15) is 0 Å². The Balaban J connectivity index is 2.52. The van der Waals surface area contributed by atoms with Gasteiger partial charge >= 0.3 is 0 Å². The molecule has 1 aliphatic rings. The minimum atomic E-state index is -0.126. The van der Waals surface area contributed by atoms with Crippen molar-refractivity contribution in [3.8, 4) is 0 Å². The molecule has 0 aromatic heterocycles. The van der Waals surface area contributed by atoms with Gasteiger partial charge in [0.1, 0.15) is 0 Å². The first kappa shape index (κ1) is 11.5. The van der Waals surface area contributed by atoms with Crippen LogP contribution in [0, 0.1) is 11.8 Å². The van der Waals surface area contributed by atoms with Crippen molar-refractivity contribution >= 4 is 5.91 Å². The Kier molecular flexibility index (Phi) is 3.53. The van der Waals surface area contributed by atoms with E-state index in [1.165, 1.54) is 0 Å². The van der Waals surface area contributed by atoms with Crippen LogP contribution in [0.5, 0.6) is 0 Å². The second-order valence-corrected chi connectivity index (χ2v) is 5.27. The van der Waals surface area contributed by atoms with Crippen molar-refractivity contribution in [1.29, 1.82) is 0 Å². The van der Waals surface area contributed by atoms with E-state index in [1.54, 1.807) is 0 Å². The fourth-order valence-electron chi connectivity index (χ4n) is 2.13. The van der Waals surface area contributed by atoms with Crippen molar-refractivity contribution in [2.75, 3.05) is 6.54 Å². The van der Waals surface area contributed by atoms with Gasteiger partial charge in [0, 0.05) is 11.5 Å². The van der Waals surface area contributed by atoms with Crippen molar-refractivity contribution in [3.05, 3.63) is 0 Å². The Morgan fingerprint density at radius 3 is 2.57 bits per heavy atom. The summed E-state index contributed by atoms with van der Waals surface area (Å²) in [5.74, 6) is 0.738. The second kappa shape index (κ2) is 4.30. The predicted octanol–water partition coefficient (Wildman–Crippen LogP) is 1.28. The molecule has 0 saturated heterocycles. The lowest BCUT2D eigenvalue weighted by Crippen LogP contribution is -2.45. The number of amides is 1. The van der Waals surface area contributed by atoms with Crippen molar-refractivity contribution in [2.45, 2.75) is 45.6 Å². The third-order valence-corrected chi connectivity index (χ3v) is 2.80. The molecule has 1 fully saturated rings. The molecule has 3 nitrogen and oxygen atoms in total. The summed E-state index contributed by atoms with van der Waals surface area (Å²) >= 11 is 0. The third-order valence-electron chi connectivity index (χ3n) is 2.80. The van der Waals surface area contributed by atoms with E-state index < -0.39 is 0 Å². The summed E-state index contributed by atoms with van der Waals surface area (Å²) in [5.41, 5.74) is 5.52. The standard InChI is InChI=1S/C11H22N2O/c1-11(2,3)13-10(14)9-6-4-5-8(9)7-12/h8-9H,4-7,12H2,1-3H3,(H,13,14). The van der Waals surface area contributed by atoms with Crippen molar-refractivity contribution in [1.82, 2.24) is 5.32 Å². The Hall–Kier alpha value is -0.570. The molecule has 0 bridgehead atoms. The molecule has 2 unspecified atom stereocenters. The molecule has 0 heterocycles. The number of carbonyl (C=O) groups excluding carboxylic acids is 1. The molecule has 0 aliphatic heterocycles. The third kappa shape index (κ3) is 2.98. The summed E-state index contributed by atoms with van der Waals surface area (Å²) in [5, 5.41) is 3.03. The topological polar surface area (TPSA) is 55.1 Å². The zero-order chi connectivity index (χ0) is 10.8. The normalized spacial score (nSPS) is 27.7. The van der Waals surface area contributed by atoms with E-state index in [9.17, 15) is 4.79 Å². The molecule has 82 valence electrons. The number of rotatable bonds is 2. The van der Waals surface area contributed by atoms with E-state index in [1.807, 2.05) is 20.8 Å². The first-order chi connectivity index (χ1) is 6.44. The highest BCUT2D eigenvalue weighted by Crippen LogP contribution is 2.31. The Morgan fingerprint density at radius 2 is 2.07 bits per heavy atom. The van der Waals surface area contributed by atoms with E-state index in [4.69, 9.17) is 5.73 Å². The lowest BCUT2D eigenvalue weighted by Gasteiger charge is -2.25. The van der Waals surface area contributed by atoms with Crippen LogP contribution >= 0.6 is 0 Å². The van der Waals surface area contributed by atoms with Gasteiger partial charge in [-0.15, -0.1) is 0 Å². The molecule has 3 heteroatoms. The van der Waals surface area contributed by atoms with E-state index in [-0.39, 0.29) is 17.4 Å². The molecule has 3 N–H and O–H groups in total. The highest BCUT2D eigenvalue weighted by molar-refractivity contribution is 5.79. The van der Waals surface area contributed by atoms with Gasteiger partial charge in [0.2, 0.25) is 5.91 Å². The average Bonchev–Trinajstić information content (AvgIpc) is 2.47. The van der Waals surface area contributed by atoms with Crippen LogP contribution in [0.25, 0.3) is 0 Å².